The number of carbonyl (C=O) groups excluding carboxylic acids is 3. The Balaban J connectivity index is 3.11. The SMILES string of the molecule is COC([CH2][Hg])CC1(CC([CH2][Hg])OC)C(=O)NC(=O)NC1=O. The number of hydrogen-bond acceptors (Lipinski definition) is 5. The van der Waals surface area contributed by atoms with Crippen molar-refractivity contribution in [2.75, 3.05) is 14.2 Å². The van der Waals surface area contributed by atoms with Crippen LogP contribution in [0.4, 0.5) is 4.79 Å². The molecule has 7 nitrogen and oxygen atoms in total. The summed E-state index contributed by atoms with van der Waals surface area (Å²) >= 11 is 0.996. The number of barbiturate groups is 1. The molecule has 2 atom stereocenters. The molecule has 1 fully saturated rings. The van der Waals surface area contributed by atoms with Crippen molar-refractivity contribution in [3.8, 4) is 0 Å². The summed E-state index contributed by atoms with van der Waals surface area (Å²) in [5.41, 5.74) is -1.28. The molecule has 0 aliphatic carbocycles. The van der Waals surface area contributed by atoms with Crippen molar-refractivity contribution in [2.45, 2.75) is 32.9 Å². The molecule has 1 heterocycles. The summed E-state index contributed by atoms with van der Waals surface area (Å²) in [5.74, 6) is -1.08. The third-order valence-electron chi connectivity index (χ3n) is 3.79. The van der Waals surface area contributed by atoms with E-state index >= 15 is 0 Å². The van der Waals surface area contributed by atoms with Crippen molar-refractivity contribution in [2.24, 2.45) is 5.41 Å². The van der Waals surface area contributed by atoms with E-state index in [0.717, 1.165) is 7.86 Å². The van der Waals surface area contributed by atoms with Gasteiger partial charge < -0.3 is 0 Å². The van der Waals surface area contributed by atoms with E-state index in [1.54, 1.807) is 14.2 Å². The Morgan fingerprint density at radius 3 is 1.62 bits per heavy atom. The maximum atomic E-state index is 12.4. The molecule has 0 spiro atoms. The predicted molar refractivity (Wildman–Crippen MR) is 64.6 cm³/mol. The Morgan fingerprint density at radius 2 is 1.33 bits per heavy atom. The quantitative estimate of drug-likeness (QED) is 0.282. The van der Waals surface area contributed by atoms with Gasteiger partial charge in [-0.2, -0.15) is 0 Å². The van der Waals surface area contributed by atoms with Gasteiger partial charge in [0.25, 0.3) is 0 Å². The van der Waals surface area contributed by atoms with Crippen LogP contribution in [-0.2, 0) is 71.3 Å². The summed E-state index contributed by atoms with van der Waals surface area (Å²) in [6.45, 7) is 0. The third-order valence-corrected chi connectivity index (χ3v) is 8.79. The number of nitrogens with one attached hydrogen (secondary N) is 2. The Labute approximate surface area is 156 Å². The fourth-order valence-electron chi connectivity index (χ4n) is 2.42. The van der Waals surface area contributed by atoms with Crippen molar-refractivity contribution in [1.29, 1.82) is 0 Å². The second-order valence-electron chi connectivity index (χ2n) is 5.02. The number of methoxy groups -OCH3 is 2. The minimum absolute atomic E-state index is 0.144. The molecule has 2 N–H and O–H groups in total. The summed E-state index contributed by atoms with van der Waals surface area (Å²) in [5, 5.41) is 4.44. The zero-order valence-electron chi connectivity index (χ0n) is 12.4. The molecule has 4 amide bonds. The first-order valence-electron chi connectivity index (χ1n) is 6.74. The number of imide groups is 2. The molecule has 0 aromatic carbocycles. The van der Waals surface area contributed by atoms with Crippen molar-refractivity contribution in [3.05, 3.63) is 0 Å². The Bertz CT molecular complexity index is 374. The van der Waals surface area contributed by atoms with Gasteiger partial charge in [-0.1, -0.05) is 0 Å². The van der Waals surface area contributed by atoms with Crippen molar-refractivity contribution < 1.29 is 76.1 Å². The minimum atomic E-state index is -1.28. The summed E-state index contributed by atoms with van der Waals surface area (Å²) < 4.78 is 12.5. The van der Waals surface area contributed by atoms with Gasteiger partial charge in [-0.3, -0.25) is 0 Å². The Morgan fingerprint density at radius 1 is 0.952 bits per heavy atom. The first-order valence-corrected chi connectivity index (χ1v) is 14.5. The van der Waals surface area contributed by atoms with Gasteiger partial charge in [0.2, 0.25) is 0 Å². The summed E-state index contributed by atoms with van der Waals surface area (Å²) in [6.07, 6.45) is 0.279. The number of ether oxygens (including phenoxy) is 2. The number of hydrogen-bond donors (Lipinski definition) is 2. The van der Waals surface area contributed by atoms with E-state index in [4.69, 9.17) is 9.47 Å². The molecule has 0 aromatic heterocycles. The Kier molecular flexibility index (Phi) is 8.23. The van der Waals surface area contributed by atoms with E-state index in [-0.39, 0.29) is 25.0 Å². The van der Waals surface area contributed by atoms with E-state index in [0.29, 0.717) is 52.2 Å². The van der Waals surface area contributed by atoms with Crippen LogP contribution in [0.2, 0.25) is 7.86 Å². The fourth-order valence-corrected chi connectivity index (χ4v) is 5.84. The van der Waals surface area contributed by atoms with Gasteiger partial charge in [0.05, 0.1) is 0 Å². The average Bonchev–Trinajstić information content (AvgIpc) is 2.46. The molecule has 21 heavy (non-hydrogen) atoms. The first kappa shape index (κ1) is 19.4. The molecule has 0 aromatic rings. The zero-order valence-corrected chi connectivity index (χ0v) is 23.4. The van der Waals surface area contributed by atoms with E-state index in [1.807, 2.05) is 0 Å². The summed E-state index contributed by atoms with van der Waals surface area (Å²) in [4.78, 5) is 36.1. The van der Waals surface area contributed by atoms with Crippen LogP contribution in [-0.4, -0.2) is 44.3 Å². The zero-order chi connectivity index (χ0) is 16.0. The van der Waals surface area contributed by atoms with Crippen molar-refractivity contribution >= 4 is 17.8 Å². The molecule has 1 saturated heterocycles. The number of urea groups is 1. The van der Waals surface area contributed by atoms with Gasteiger partial charge in [0.1, 0.15) is 0 Å². The monoisotopic (exact) mass is 674 g/mol. The standard InChI is InChI=1S/C12H18N2O5.2Hg/c1-7(18-3)5-12(6-8(2)19-4)9(15)13-11(17)14-10(12)16;;/h7-8H,1-2,5-6H2,3-4H3,(H2,13,14,15,16,17);;. The van der Waals surface area contributed by atoms with Gasteiger partial charge in [-0.25, -0.2) is 0 Å². The molecular formula is C12H18Hg2N2O5. The molecule has 0 saturated carbocycles. The second kappa shape index (κ2) is 8.88. The average molecular weight is 671 g/mol. The molecule has 9 heteroatoms. The predicted octanol–water partition coefficient (Wildman–Crippen LogP) is 0.0792. The van der Waals surface area contributed by atoms with Crippen molar-refractivity contribution in [1.82, 2.24) is 10.6 Å². The van der Waals surface area contributed by atoms with Gasteiger partial charge in [-0.05, 0) is 0 Å². The van der Waals surface area contributed by atoms with Crippen LogP contribution in [0.3, 0.4) is 0 Å². The van der Waals surface area contributed by atoms with Crippen LogP contribution in [0.15, 0.2) is 0 Å². The van der Waals surface area contributed by atoms with Crippen LogP contribution in [0, 0.1) is 5.41 Å². The molecule has 1 rings (SSSR count). The molecule has 110 valence electrons. The number of carbonyl (C=O) groups is 3. The van der Waals surface area contributed by atoms with Gasteiger partial charge in [0.15, 0.2) is 0 Å². The van der Waals surface area contributed by atoms with E-state index in [1.165, 1.54) is 0 Å². The molecule has 2 unspecified atom stereocenters. The number of rotatable bonds is 8. The molecular weight excluding hydrogens is 653 g/mol. The third kappa shape index (κ3) is 4.68. The van der Waals surface area contributed by atoms with Crippen LogP contribution in [0.5, 0.6) is 0 Å². The van der Waals surface area contributed by atoms with E-state index in [2.05, 4.69) is 10.6 Å². The van der Waals surface area contributed by atoms with Crippen LogP contribution in [0.25, 0.3) is 0 Å². The fraction of sp³-hybridized carbons (Fsp3) is 0.750. The molecule has 1 aliphatic rings. The summed E-state index contributed by atoms with van der Waals surface area (Å²) in [6, 6.07) is -0.757. The van der Waals surface area contributed by atoms with Crippen molar-refractivity contribution in [3.63, 3.8) is 0 Å². The topological polar surface area (TPSA) is 93.7 Å². The maximum absolute atomic E-state index is 12.4. The van der Waals surface area contributed by atoms with E-state index < -0.39 is 23.3 Å². The van der Waals surface area contributed by atoms with Crippen LogP contribution in [0.1, 0.15) is 12.8 Å². The second-order valence-corrected chi connectivity index (χ2v) is 9.51. The van der Waals surface area contributed by atoms with Gasteiger partial charge >= 0.3 is 157 Å². The van der Waals surface area contributed by atoms with Gasteiger partial charge in [-0.15, -0.1) is 0 Å². The van der Waals surface area contributed by atoms with Gasteiger partial charge in [0, 0.05) is 0 Å². The first-order chi connectivity index (χ1) is 9.93. The normalized spacial score (nSPS) is 20.8. The molecule has 1 aliphatic heterocycles. The Hall–Kier alpha value is 0.400. The number of amides is 4. The van der Waals surface area contributed by atoms with Crippen LogP contribution < -0.4 is 10.6 Å². The molecule has 0 radical (unpaired) electrons. The molecule has 0 bridgehead atoms. The van der Waals surface area contributed by atoms with Crippen LogP contribution >= 0.6 is 0 Å². The van der Waals surface area contributed by atoms with E-state index in [9.17, 15) is 14.4 Å². The summed E-state index contributed by atoms with van der Waals surface area (Å²) in [7, 11) is 3.16.